The number of rotatable bonds is 2. The van der Waals surface area contributed by atoms with Crippen LogP contribution in [0.5, 0.6) is 0 Å². The number of hydrogen-bond donors (Lipinski definition) is 2. The first-order valence-electron chi connectivity index (χ1n) is 5.66. The number of primary amides is 1. The average molecular weight is 237 g/mol. The number of carbonyl (C=O) groups excluding carboxylic acids is 1. The molecule has 0 saturated carbocycles. The van der Waals surface area contributed by atoms with Crippen molar-refractivity contribution in [1.82, 2.24) is 5.32 Å². The van der Waals surface area contributed by atoms with Crippen molar-refractivity contribution >= 4 is 11.6 Å². The van der Waals surface area contributed by atoms with Gasteiger partial charge in [-0.1, -0.05) is 6.07 Å². The number of nitrogens with zero attached hydrogens (tertiary/aromatic N) is 1. The van der Waals surface area contributed by atoms with Crippen molar-refractivity contribution in [3.8, 4) is 0 Å². The Bertz CT molecular complexity index is 436. The predicted octanol–water partition coefficient (Wildman–Crippen LogP) is 0.723. The highest BCUT2D eigenvalue weighted by Gasteiger charge is 2.22. The number of nitrogens with one attached hydrogen (secondary N) is 1. The van der Waals surface area contributed by atoms with Crippen LogP contribution in [0.3, 0.4) is 0 Å². The SMILES string of the molecule is CC1CN(c2cccc(F)c2C(N)=O)CCN1. The summed E-state index contributed by atoms with van der Waals surface area (Å²) in [6.07, 6.45) is 0. The van der Waals surface area contributed by atoms with Crippen LogP contribution in [0.1, 0.15) is 17.3 Å². The number of hydrogen-bond acceptors (Lipinski definition) is 3. The lowest BCUT2D eigenvalue weighted by molar-refractivity contribution is 0.0997. The second-order valence-corrected chi connectivity index (χ2v) is 4.30. The molecule has 0 spiro atoms. The molecule has 1 atom stereocenters. The molecule has 2 rings (SSSR count). The summed E-state index contributed by atoms with van der Waals surface area (Å²) in [7, 11) is 0. The maximum atomic E-state index is 13.6. The fourth-order valence-corrected chi connectivity index (χ4v) is 2.17. The van der Waals surface area contributed by atoms with Gasteiger partial charge in [-0.3, -0.25) is 4.79 Å². The zero-order valence-corrected chi connectivity index (χ0v) is 9.74. The van der Waals surface area contributed by atoms with Gasteiger partial charge in [0.25, 0.3) is 5.91 Å². The van der Waals surface area contributed by atoms with Crippen molar-refractivity contribution in [2.75, 3.05) is 24.5 Å². The van der Waals surface area contributed by atoms with E-state index in [-0.39, 0.29) is 5.56 Å². The molecule has 92 valence electrons. The molecule has 3 N–H and O–H groups in total. The highest BCUT2D eigenvalue weighted by molar-refractivity contribution is 5.99. The smallest absolute Gasteiger partial charge is 0.253 e. The van der Waals surface area contributed by atoms with E-state index in [9.17, 15) is 9.18 Å². The molecule has 1 aromatic carbocycles. The van der Waals surface area contributed by atoms with Gasteiger partial charge in [0.1, 0.15) is 5.82 Å². The molecule has 1 amide bonds. The molecule has 1 heterocycles. The Morgan fingerprint density at radius 1 is 1.59 bits per heavy atom. The lowest BCUT2D eigenvalue weighted by atomic mass is 10.1. The standard InChI is InChI=1S/C12H16FN3O/c1-8-7-16(6-5-15-8)10-4-2-3-9(13)11(10)12(14)17/h2-4,8,15H,5-7H2,1H3,(H2,14,17). The molecular formula is C12H16FN3O. The number of piperazine rings is 1. The van der Waals surface area contributed by atoms with Crippen LogP contribution >= 0.6 is 0 Å². The summed E-state index contributed by atoms with van der Waals surface area (Å²) in [5.74, 6) is -1.27. The summed E-state index contributed by atoms with van der Waals surface area (Å²) in [6, 6.07) is 4.91. The molecule has 4 nitrogen and oxygen atoms in total. The second-order valence-electron chi connectivity index (χ2n) is 4.30. The zero-order chi connectivity index (χ0) is 12.4. The molecule has 1 aromatic rings. The van der Waals surface area contributed by atoms with Crippen LogP contribution in [0, 0.1) is 5.82 Å². The van der Waals surface area contributed by atoms with Gasteiger partial charge in [0.2, 0.25) is 0 Å². The molecule has 1 unspecified atom stereocenters. The normalized spacial score (nSPS) is 20.4. The van der Waals surface area contributed by atoms with Gasteiger partial charge in [-0.15, -0.1) is 0 Å². The number of amides is 1. The van der Waals surface area contributed by atoms with E-state index >= 15 is 0 Å². The summed E-state index contributed by atoms with van der Waals surface area (Å²) in [5, 5.41) is 3.29. The number of nitrogens with two attached hydrogens (primary N) is 1. The van der Waals surface area contributed by atoms with Gasteiger partial charge >= 0.3 is 0 Å². The third kappa shape index (κ3) is 2.39. The highest BCUT2D eigenvalue weighted by Crippen LogP contribution is 2.23. The van der Waals surface area contributed by atoms with Crippen LogP contribution in [0.25, 0.3) is 0 Å². The van der Waals surface area contributed by atoms with Crippen LogP contribution in [0.15, 0.2) is 18.2 Å². The van der Waals surface area contributed by atoms with Gasteiger partial charge in [0.15, 0.2) is 0 Å². The predicted molar refractivity (Wildman–Crippen MR) is 64.6 cm³/mol. The molecule has 0 aromatic heterocycles. The average Bonchev–Trinajstić information content (AvgIpc) is 2.28. The van der Waals surface area contributed by atoms with Crippen molar-refractivity contribution in [2.24, 2.45) is 5.73 Å². The van der Waals surface area contributed by atoms with E-state index in [1.807, 2.05) is 4.90 Å². The zero-order valence-electron chi connectivity index (χ0n) is 9.74. The van der Waals surface area contributed by atoms with Crippen LogP contribution in [-0.2, 0) is 0 Å². The molecule has 1 aliphatic heterocycles. The lowest BCUT2D eigenvalue weighted by Gasteiger charge is -2.34. The molecule has 0 radical (unpaired) electrons. The highest BCUT2D eigenvalue weighted by atomic mass is 19.1. The Morgan fingerprint density at radius 2 is 2.35 bits per heavy atom. The fraction of sp³-hybridized carbons (Fsp3) is 0.417. The minimum Gasteiger partial charge on any atom is -0.368 e. The third-order valence-corrected chi connectivity index (χ3v) is 2.95. The summed E-state index contributed by atoms with van der Waals surface area (Å²) in [5.41, 5.74) is 5.81. The fourth-order valence-electron chi connectivity index (χ4n) is 2.17. The molecule has 0 aliphatic carbocycles. The van der Waals surface area contributed by atoms with E-state index in [4.69, 9.17) is 5.73 Å². The summed E-state index contributed by atoms with van der Waals surface area (Å²) < 4.78 is 13.6. The van der Waals surface area contributed by atoms with Crippen molar-refractivity contribution in [2.45, 2.75) is 13.0 Å². The molecule has 1 aliphatic rings. The number of halogens is 1. The molecule has 0 bridgehead atoms. The van der Waals surface area contributed by atoms with Crippen molar-refractivity contribution in [3.05, 3.63) is 29.6 Å². The van der Waals surface area contributed by atoms with Crippen molar-refractivity contribution < 1.29 is 9.18 Å². The van der Waals surface area contributed by atoms with Crippen LogP contribution in [0.2, 0.25) is 0 Å². The lowest BCUT2D eigenvalue weighted by Crippen LogP contribution is -2.49. The third-order valence-electron chi connectivity index (χ3n) is 2.95. The van der Waals surface area contributed by atoms with E-state index in [1.165, 1.54) is 6.07 Å². The van der Waals surface area contributed by atoms with Gasteiger partial charge in [-0.2, -0.15) is 0 Å². The van der Waals surface area contributed by atoms with Crippen molar-refractivity contribution in [3.63, 3.8) is 0 Å². The van der Waals surface area contributed by atoms with E-state index < -0.39 is 11.7 Å². The van der Waals surface area contributed by atoms with E-state index in [1.54, 1.807) is 12.1 Å². The van der Waals surface area contributed by atoms with Crippen LogP contribution in [-0.4, -0.2) is 31.6 Å². The van der Waals surface area contributed by atoms with Gasteiger partial charge in [-0.25, -0.2) is 4.39 Å². The summed E-state index contributed by atoms with van der Waals surface area (Å²) in [6.45, 7) is 4.35. The molecular weight excluding hydrogens is 221 g/mol. The Balaban J connectivity index is 2.37. The monoisotopic (exact) mass is 237 g/mol. The Kier molecular flexibility index (Phi) is 3.28. The number of benzene rings is 1. The van der Waals surface area contributed by atoms with Crippen LogP contribution in [0.4, 0.5) is 10.1 Å². The molecule has 1 fully saturated rings. The van der Waals surface area contributed by atoms with Gasteiger partial charge in [0.05, 0.1) is 11.3 Å². The molecule has 5 heteroatoms. The molecule has 17 heavy (non-hydrogen) atoms. The minimum atomic E-state index is -0.718. The van der Waals surface area contributed by atoms with E-state index in [0.29, 0.717) is 11.7 Å². The van der Waals surface area contributed by atoms with Gasteiger partial charge in [0, 0.05) is 25.7 Å². The van der Waals surface area contributed by atoms with Crippen LogP contribution < -0.4 is 16.0 Å². The summed E-state index contributed by atoms with van der Waals surface area (Å²) >= 11 is 0. The minimum absolute atomic E-state index is 0.0124. The number of carbonyl (C=O) groups is 1. The molecule has 1 saturated heterocycles. The van der Waals surface area contributed by atoms with Gasteiger partial charge < -0.3 is 16.0 Å². The number of anilines is 1. The Morgan fingerprint density at radius 3 is 3.00 bits per heavy atom. The first-order chi connectivity index (χ1) is 8.09. The maximum absolute atomic E-state index is 13.6. The summed E-state index contributed by atoms with van der Waals surface area (Å²) in [4.78, 5) is 13.3. The van der Waals surface area contributed by atoms with Gasteiger partial charge in [-0.05, 0) is 19.1 Å². The first-order valence-corrected chi connectivity index (χ1v) is 5.66. The van der Waals surface area contributed by atoms with E-state index in [0.717, 1.165) is 19.6 Å². The topological polar surface area (TPSA) is 58.4 Å². The first kappa shape index (κ1) is 11.9. The second kappa shape index (κ2) is 4.71. The van der Waals surface area contributed by atoms with Crippen molar-refractivity contribution in [1.29, 1.82) is 0 Å². The Hall–Kier alpha value is -1.62. The largest absolute Gasteiger partial charge is 0.368 e. The quantitative estimate of drug-likeness (QED) is 0.797. The van der Waals surface area contributed by atoms with E-state index in [2.05, 4.69) is 12.2 Å². The Labute approximate surface area is 99.6 Å². The maximum Gasteiger partial charge on any atom is 0.253 e.